The molecule has 0 radical (unpaired) electrons. The van der Waals surface area contributed by atoms with Crippen molar-refractivity contribution in [2.75, 3.05) is 26.9 Å². The first-order valence-corrected chi connectivity index (χ1v) is 7.51. The van der Waals surface area contributed by atoms with Crippen molar-refractivity contribution in [3.8, 4) is 5.75 Å². The Kier molecular flexibility index (Phi) is 7.64. The van der Waals surface area contributed by atoms with Gasteiger partial charge in [0.2, 0.25) is 0 Å². The van der Waals surface area contributed by atoms with Crippen LogP contribution < -0.4 is 10.5 Å². The summed E-state index contributed by atoms with van der Waals surface area (Å²) in [6.07, 6.45) is 1.69. The fourth-order valence-corrected chi connectivity index (χ4v) is 1.83. The maximum absolute atomic E-state index is 5.69. The van der Waals surface area contributed by atoms with Gasteiger partial charge in [0.1, 0.15) is 10.7 Å². The predicted octanol–water partition coefficient (Wildman–Crippen LogP) is 2.92. The standard InChI is InChI=1S/C16H25NO3S/c1-16(2,18-3)9-12-19-10-6-11-20-14-8-5-4-7-13(14)15(17)21/h4-5,7-8H,6,9-12H2,1-3H3,(H2,17,21). The third-order valence-electron chi connectivity index (χ3n) is 3.24. The summed E-state index contributed by atoms with van der Waals surface area (Å²) in [6, 6.07) is 7.53. The summed E-state index contributed by atoms with van der Waals surface area (Å²) in [7, 11) is 1.72. The summed E-state index contributed by atoms with van der Waals surface area (Å²) < 4.78 is 16.6. The van der Waals surface area contributed by atoms with Crippen LogP contribution in [-0.2, 0) is 9.47 Å². The lowest BCUT2D eigenvalue weighted by Crippen LogP contribution is -2.24. The zero-order valence-electron chi connectivity index (χ0n) is 13.1. The lowest BCUT2D eigenvalue weighted by molar-refractivity contribution is -0.0107. The Morgan fingerprint density at radius 2 is 1.90 bits per heavy atom. The lowest BCUT2D eigenvalue weighted by atomic mass is 10.1. The van der Waals surface area contributed by atoms with Crippen LogP contribution in [0.5, 0.6) is 5.75 Å². The topological polar surface area (TPSA) is 53.7 Å². The van der Waals surface area contributed by atoms with E-state index in [0.717, 1.165) is 24.2 Å². The zero-order chi connectivity index (χ0) is 15.7. The fourth-order valence-electron chi connectivity index (χ4n) is 1.66. The molecule has 1 rings (SSSR count). The molecule has 0 spiro atoms. The first kappa shape index (κ1) is 17.9. The van der Waals surface area contributed by atoms with Gasteiger partial charge < -0.3 is 19.9 Å². The zero-order valence-corrected chi connectivity index (χ0v) is 13.9. The van der Waals surface area contributed by atoms with E-state index in [0.29, 0.717) is 24.8 Å². The Bertz CT molecular complexity index is 449. The van der Waals surface area contributed by atoms with Crippen molar-refractivity contribution in [1.82, 2.24) is 0 Å². The molecule has 0 aliphatic rings. The van der Waals surface area contributed by atoms with E-state index >= 15 is 0 Å². The van der Waals surface area contributed by atoms with E-state index in [4.69, 9.17) is 32.2 Å². The Morgan fingerprint density at radius 1 is 1.19 bits per heavy atom. The number of ether oxygens (including phenoxy) is 3. The van der Waals surface area contributed by atoms with Gasteiger partial charge in [-0.05, 0) is 32.4 Å². The molecule has 2 N–H and O–H groups in total. The molecule has 0 unspecified atom stereocenters. The SMILES string of the molecule is COC(C)(C)CCOCCCOc1ccccc1C(N)=S. The summed E-state index contributed by atoms with van der Waals surface area (Å²) in [6.45, 7) is 6.02. The molecule has 0 aliphatic heterocycles. The number of methoxy groups -OCH3 is 1. The van der Waals surface area contributed by atoms with Crippen LogP contribution in [-0.4, -0.2) is 37.5 Å². The number of benzene rings is 1. The van der Waals surface area contributed by atoms with E-state index in [1.54, 1.807) is 7.11 Å². The Hall–Kier alpha value is -1.17. The van der Waals surface area contributed by atoms with E-state index in [1.165, 1.54) is 0 Å². The highest BCUT2D eigenvalue weighted by Crippen LogP contribution is 2.17. The van der Waals surface area contributed by atoms with Crippen LogP contribution in [0.25, 0.3) is 0 Å². The van der Waals surface area contributed by atoms with Gasteiger partial charge in [0.15, 0.2) is 0 Å². The average Bonchev–Trinajstić information content (AvgIpc) is 2.46. The minimum Gasteiger partial charge on any atom is -0.493 e. The van der Waals surface area contributed by atoms with Crippen molar-refractivity contribution in [2.24, 2.45) is 5.73 Å². The number of rotatable bonds is 10. The second-order valence-electron chi connectivity index (χ2n) is 5.39. The van der Waals surface area contributed by atoms with Gasteiger partial charge in [-0.2, -0.15) is 0 Å². The van der Waals surface area contributed by atoms with Gasteiger partial charge in [-0.1, -0.05) is 24.4 Å². The maximum atomic E-state index is 5.69. The molecular formula is C16H25NO3S. The highest BCUT2D eigenvalue weighted by molar-refractivity contribution is 7.80. The van der Waals surface area contributed by atoms with Crippen LogP contribution in [0.4, 0.5) is 0 Å². The first-order valence-electron chi connectivity index (χ1n) is 7.11. The molecule has 0 aromatic heterocycles. The van der Waals surface area contributed by atoms with Crippen LogP contribution in [0, 0.1) is 0 Å². The van der Waals surface area contributed by atoms with E-state index in [-0.39, 0.29) is 5.60 Å². The maximum Gasteiger partial charge on any atom is 0.129 e. The molecule has 0 saturated carbocycles. The van der Waals surface area contributed by atoms with Crippen molar-refractivity contribution in [3.05, 3.63) is 29.8 Å². The Balaban J connectivity index is 2.19. The molecule has 0 heterocycles. The van der Waals surface area contributed by atoms with Crippen molar-refractivity contribution < 1.29 is 14.2 Å². The molecule has 0 bridgehead atoms. The molecule has 5 heteroatoms. The molecule has 118 valence electrons. The van der Waals surface area contributed by atoms with Crippen LogP contribution in [0.1, 0.15) is 32.3 Å². The van der Waals surface area contributed by atoms with E-state index in [9.17, 15) is 0 Å². The average molecular weight is 311 g/mol. The number of para-hydroxylation sites is 1. The summed E-state index contributed by atoms with van der Waals surface area (Å²) in [5.41, 5.74) is 6.29. The largest absolute Gasteiger partial charge is 0.493 e. The first-order chi connectivity index (χ1) is 9.96. The Labute approximate surface area is 132 Å². The molecule has 0 atom stereocenters. The molecule has 0 fully saturated rings. The van der Waals surface area contributed by atoms with Crippen molar-refractivity contribution in [1.29, 1.82) is 0 Å². The second-order valence-corrected chi connectivity index (χ2v) is 5.83. The predicted molar refractivity (Wildman–Crippen MR) is 89.0 cm³/mol. The van der Waals surface area contributed by atoms with Crippen LogP contribution in [0.2, 0.25) is 0 Å². The highest BCUT2D eigenvalue weighted by atomic mass is 32.1. The molecule has 0 aliphatic carbocycles. The van der Waals surface area contributed by atoms with Crippen molar-refractivity contribution in [3.63, 3.8) is 0 Å². The minimum atomic E-state index is -0.133. The molecule has 1 aromatic rings. The summed E-state index contributed by atoms with van der Waals surface area (Å²) in [4.78, 5) is 0.351. The third kappa shape index (κ3) is 6.89. The number of hydrogen-bond donors (Lipinski definition) is 1. The Morgan fingerprint density at radius 3 is 2.57 bits per heavy atom. The minimum absolute atomic E-state index is 0.133. The van der Waals surface area contributed by atoms with Crippen LogP contribution >= 0.6 is 12.2 Å². The van der Waals surface area contributed by atoms with Crippen LogP contribution in [0.15, 0.2) is 24.3 Å². The summed E-state index contributed by atoms with van der Waals surface area (Å²) in [5.74, 6) is 0.727. The van der Waals surface area contributed by atoms with Gasteiger partial charge in [0, 0.05) is 26.7 Å². The summed E-state index contributed by atoms with van der Waals surface area (Å²) >= 11 is 4.99. The number of hydrogen-bond acceptors (Lipinski definition) is 4. The monoisotopic (exact) mass is 311 g/mol. The number of thiocarbonyl (C=S) groups is 1. The third-order valence-corrected chi connectivity index (χ3v) is 3.46. The van der Waals surface area contributed by atoms with Gasteiger partial charge in [-0.3, -0.25) is 0 Å². The highest BCUT2D eigenvalue weighted by Gasteiger charge is 2.15. The lowest BCUT2D eigenvalue weighted by Gasteiger charge is -2.22. The van der Waals surface area contributed by atoms with Crippen molar-refractivity contribution in [2.45, 2.75) is 32.3 Å². The van der Waals surface area contributed by atoms with Gasteiger partial charge in [0.05, 0.1) is 17.8 Å². The fraction of sp³-hybridized carbons (Fsp3) is 0.562. The molecule has 21 heavy (non-hydrogen) atoms. The second kappa shape index (κ2) is 8.97. The number of nitrogens with two attached hydrogens (primary N) is 1. The van der Waals surface area contributed by atoms with Gasteiger partial charge in [0.25, 0.3) is 0 Å². The van der Waals surface area contributed by atoms with Gasteiger partial charge >= 0.3 is 0 Å². The quantitative estimate of drug-likeness (QED) is 0.532. The molecule has 1 aromatic carbocycles. The molecule has 4 nitrogen and oxygen atoms in total. The van der Waals surface area contributed by atoms with E-state index in [1.807, 2.05) is 38.1 Å². The smallest absolute Gasteiger partial charge is 0.129 e. The normalized spacial score (nSPS) is 11.4. The van der Waals surface area contributed by atoms with Gasteiger partial charge in [-0.25, -0.2) is 0 Å². The van der Waals surface area contributed by atoms with Crippen LogP contribution in [0.3, 0.4) is 0 Å². The summed E-state index contributed by atoms with van der Waals surface area (Å²) in [5, 5.41) is 0. The van der Waals surface area contributed by atoms with E-state index in [2.05, 4.69) is 0 Å². The molecular weight excluding hydrogens is 286 g/mol. The van der Waals surface area contributed by atoms with E-state index < -0.39 is 0 Å². The van der Waals surface area contributed by atoms with Gasteiger partial charge in [-0.15, -0.1) is 0 Å². The molecule has 0 amide bonds. The molecule has 0 saturated heterocycles. The van der Waals surface area contributed by atoms with Crippen molar-refractivity contribution >= 4 is 17.2 Å².